The Bertz CT molecular complexity index is 512. The fraction of sp³-hybridized carbons (Fsp3) is 0.231. The molecule has 0 saturated heterocycles. The van der Waals surface area contributed by atoms with Crippen LogP contribution in [0, 0.1) is 0 Å². The summed E-state index contributed by atoms with van der Waals surface area (Å²) >= 11 is 0. The smallest absolute Gasteiger partial charge is 0.138 e. The maximum absolute atomic E-state index is 5.65. The van der Waals surface area contributed by atoms with E-state index >= 15 is 0 Å². The van der Waals surface area contributed by atoms with E-state index in [2.05, 4.69) is 9.97 Å². The van der Waals surface area contributed by atoms with Gasteiger partial charge in [-0.3, -0.25) is 4.98 Å². The van der Waals surface area contributed by atoms with E-state index in [1.807, 2.05) is 32.0 Å². The lowest BCUT2D eigenvalue weighted by Gasteiger charge is -2.10. The van der Waals surface area contributed by atoms with Crippen molar-refractivity contribution in [1.82, 2.24) is 9.97 Å². The number of anilines is 1. The zero-order chi connectivity index (χ0) is 12.3. The largest absolute Gasteiger partial charge is 0.489 e. The van der Waals surface area contributed by atoms with Crippen molar-refractivity contribution < 1.29 is 4.74 Å². The molecule has 88 valence electrons. The molecule has 4 heteroatoms. The van der Waals surface area contributed by atoms with E-state index in [0.29, 0.717) is 5.82 Å². The van der Waals surface area contributed by atoms with Crippen LogP contribution in [0.1, 0.15) is 13.8 Å². The number of nitrogen functional groups attached to an aromatic ring is 1. The summed E-state index contributed by atoms with van der Waals surface area (Å²) in [7, 11) is 0. The van der Waals surface area contributed by atoms with Gasteiger partial charge in [-0.15, -0.1) is 0 Å². The molecule has 0 aliphatic rings. The highest BCUT2D eigenvalue weighted by Gasteiger charge is 2.03. The van der Waals surface area contributed by atoms with Crippen molar-refractivity contribution in [1.29, 1.82) is 0 Å². The first-order chi connectivity index (χ1) is 8.15. The maximum atomic E-state index is 5.65. The minimum atomic E-state index is 0.134. The quantitative estimate of drug-likeness (QED) is 0.878. The second-order valence-corrected chi connectivity index (χ2v) is 4.05. The first-order valence-corrected chi connectivity index (χ1v) is 5.49. The molecule has 2 aromatic heterocycles. The number of nitrogens with zero attached hydrogens (tertiary/aromatic N) is 2. The van der Waals surface area contributed by atoms with Gasteiger partial charge in [-0.2, -0.15) is 0 Å². The predicted octanol–water partition coefficient (Wildman–Crippen LogP) is 2.51. The highest BCUT2D eigenvalue weighted by atomic mass is 16.5. The first-order valence-electron chi connectivity index (χ1n) is 5.49. The second kappa shape index (κ2) is 4.82. The van der Waals surface area contributed by atoms with Crippen LogP contribution in [-0.4, -0.2) is 16.1 Å². The Morgan fingerprint density at radius 1 is 1.18 bits per heavy atom. The van der Waals surface area contributed by atoms with E-state index in [9.17, 15) is 0 Å². The van der Waals surface area contributed by atoms with Gasteiger partial charge < -0.3 is 10.5 Å². The normalized spacial score (nSPS) is 10.5. The highest BCUT2D eigenvalue weighted by Crippen LogP contribution is 2.23. The zero-order valence-corrected chi connectivity index (χ0v) is 9.92. The molecule has 0 aliphatic carbocycles. The predicted molar refractivity (Wildman–Crippen MR) is 67.6 cm³/mol. The van der Waals surface area contributed by atoms with Crippen molar-refractivity contribution in [2.45, 2.75) is 20.0 Å². The minimum Gasteiger partial charge on any atom is -0.489 e. The molecule has 0 amide bonds. The molecule has 0 radical (unpaired) electrons. The van der Waals surface area contributed by atoms with Crippen LogP contribution >= 0.6 is 0 Å². The molecule has 0 aromatic carbocycles. The molecule has 2 rings (SSSR count). The van der Waals surface area contributed by atoms with Gasteiger partial charge in [0.1, 0.15) is 11.6 Å². The van der Waals surface area contributed by atoms with E-state index < -0.39 is 0 Å². The average molecular weight is 229 g/mol. The Morgan fingerprint density at radius 2 is 2.00 bits per heavy atom. The Hall–Kier alpha value is -2.10. The summed E-state index contributed by atoms with van der Waals surface area (Å²) in [5, 5.41) is 0. The summed E-state index contributed by atoms with van der Waals surface area (Å²) in [5.41, 5.74) is 7.61. The molecule has 0 unspecified atom stereocenters. The number of nitrogens with two attached hydrogens (primary N) is 1. The van der Waals surface area contributed by atoms with Gasteiger partial charge in [-0.1, -0.05) is 0 Å². The summed E-state index contributed by atoms with van der Waals surface area (Å²) < 4.78 is 5.60. The van der Waals surface area contributed by atoms with Gasteiger partial charge in [0.15, 0.2) is 0 Å². The van der Waals surface area contributed by atoms with Crippen molar-refractivity contribution in [3.8, 4) is 16.9 Å². The molecule has 0 bridgehead atoms. The summed E-state index contributed by atoms with van der Waals surface area (Å²) in [6, 6.07) is 5.66. The first kappa shape index (κ1) is 11.4. The molecule has 2 aromatic rings. The third-order valence-corrected chi connectivity index (χ3v) is 2.20. The summed E-state index contributed by atoms with van der Waals surface area (Å²) in [5.74, 6) is 1.26. The Kier molecular flexibility index (Phi) is 3.23. The molecule has 17 heavy (non-hydrogen) atoms. The maximum Gasteiger partial charge on any atom is 0.138 e. The molecule has 2 heterocycles. The number of ether oxygens (including phenoxy) is 1. The number of hydrogen-bond acceptors (Lipinski definition) is 4. The lowest BCUT2D eigenvalue weighted by atomic mass is 10.1. The second-order valence-electron chi connectivity index (χ2n) is 4.05. The van der Waals surface area contributed by atoms with Gasteiger partial charge in [-0.05, 0) is 37.6 Å². The fourth-order valence-corrected chi connectivity index (χ4v) is 1.54. The molecule has 0 fully saturated rings. The third kappa shape index (κ3) is 2.93. The van der Waals surface area contributed by atoms with Crippen molar-refractivity contribution >= 4 is 5.82 Å². The molecular weight excluding hydrogens is 214 g/mol. The van der Waals surface area contributed by atoms with Crippen molar-refractivity contribution in [2.75, 3.05) is 5.73 Å². The number of hydrogen-bond donors (Lipinski definition) is 1. The van der Waals surface area contributed by atoms with Gasteiger partial charge >= 0.3 is 0 Å². The van der Waals surface area contributed by atoms with Gasteiger partial charge in [0.25, 0.3) is 0 Å². The van der Waals surface area contributed by atoms with Gasteiger partial charge in [0, 0.05) is 18.0 Å². The standard InChI is InChI=1S/C13H15N3O/c1-9(2)17-12-5-11(7-15-8-12)10-3-4-16-13(14)6-10/h3-9H,1-2H3,(H2,14,16). The van der Waals surface area contributed by atoms with Crippen LogP contribution in [0.3, 0.4) is 0 Å². The summed E-state index contributed by atoms with van der Waals surface area (Å²) in [6.07, 6.45) is 5.30. The lowest BCUT2D eigenvalue weighted by molar-refractivity contribution is 0.241. The number of pyridine rings is 2. The van der Waals surface area contributed by atoms with Crippen LogP contribution in [-0.2, 0) is 0 Å². The topological polar surface area (TPSA) is 61.0 Å². The van der Waals surface area contributed by atoms with Crippen LogP contribution in [0.25, 0.3) is 11.1 Å². The molecule has 2 N–H and O–H groups in total. The highest BCUT2D eigenvalue weighted by molar-refractivity contribution is 5.65. The fourth-order valence-electron chi connectivity index (χ4n) is 1.54. The van der Waals surface area contributed by atoms with Gasteiger partial charge in [0.05, 0.1) is 12.3 Å². The van der Waals surface area contributed by atoms with Crippen LogP contribution in [0.15, 0.2) is 36.8 Å². The van der Waals surface area contributed by atoms with Gasteiger partial charge in [0.2, 0.25) is 0 Å². The SMILES string of the molecule is CC(C)Oc1cncc(-c2ccnc(N)c2)c1. The molecule has 0 saturated carbocycles. The van der Waals surface area contributed by atoms with Crippen LogP contribution in [0.4, 0.5) is 5.82 Å². The van der Waals surface area contributed by atoms with E-state index in [-0.39, 0.29) is 6.10 Å². The van der Waals surface area contributed by atoms with Crippen LogP contribution < -0.4 is 10.5 Å². The molecular formula is C13H15N3O. The van der Waals surface area contributed by atoms with Crippen LogP contribution in [0.5, 0.6) is 5.75 Å². The number of aromatic nitrogens is 2. The molecule has 4 nitrogen and oxygen atoms in total. The van der Waals surface area contributed by atoms with Gasteiger partial charge in [-0.25, -0.2) is 4.98 Å². The molecule has 0 spiro atoms. The Labute approximate surface area is 100 Å². The van der Waals surface area contributed by atoms with Crippen molar-refractivity contribution in [3.63, 3.8) is 0 Å². The van der Waals surface area contributed by atoms with Crippen LogP contribution in [0.2, 0.25) is 0 Å². The summed E-state index contributed by atoms with van der Waals surface area (Å²) in [4.78, 5) is 8.12. The van der Waals surface area contributed by atoms with E-state index in [1.165, 1.54) is 0 Å². The Balaban J connectivity index is 2.33. The zero-order valence-electron chi connectivity index (χ0n) is 9.92. The van der Waals surface area contributed by atoms with Crippen molar-refractivity contribution in [3.05, 3.63) is 36.8 Å². The van der Waals surface area contributed by atoms with E-state index in [0.717, 1.165) is 16.9 Å². The van der Waals surface area contributed by atoms with E-state index in [4.69, 9.17) is 10.5 Å². The third-order valence-electron chi connectivity index (χ3n) is 2.20. The summed E-state index contributed by atoms with van der Waals surface area (Å²) in [6.45, 7) is 3.97. The molecule has 0 aliphatic heterocycles. The van der Waals surface area contributed by atoms with E-state index in [1.54, 1.807) is 18.6 Å². The monoisotopic (exact) mass is 229 g/mol. The lowest BCUT2D eigenvalue weighted by Crippen LogP contribution is -2.05. The number of rotatable bonds is 3. The average Bonchev–Trinajstić information content (AvgIpc) is 2.28. The minimum absolute atomic E-state index is 0.134. The Morgan fingerprint density at radius 3 is 2.71 bits per heavy atom. The van der Waals surface area contributed by atoms with Crippen molar-refractivity contribution in [2.24, 2.45) is 0 Å². The molecule has 0 atom stereocenters.